The van der Waals surface area contributed by atoms with Gasteiger partial charge in [0.05, 0.1) is 0 Å². The van der Waals surface area contributed by atoms with E-state index in [0.717, 1.165) is 19.6 Å². The topological polar surface area (TPSA) is 24.1 Å². The molecule has 0 aromatic heterocycles. The zero-order valence-electron chi connectivity index (χ0n) is 11.2. The minimum atomic E-state index is 0.349. The molecule has 0 spiro atoms. The Morgan fingerprint density at radius 1 is 1.41 bits per heavy atom. The van der Waals surface area contributed by atoms with Crippen LogP contribution < -0.4 is 10.6 Å². The molecule has 2 heteroatoms. The van der Waals surface area contributed by atoms with Gasteiger partial charge in [0.1, 0.15) is 0 Å². The van der Waals surface area contributed by atoms with Gasteiger partial charge in [-0.15, -0.1) is 0 Å². The fourth-order valence-corrected chi connectivity index (χ4v) is 2.61. The van der Waals surface area contributed by atoms with Crippen molar-refractivity contribution in [2.24, 2.45) is 5.41 Å². The third kappa shape index (κ3) is 3.30. The van der Waals surface area contributed by atoms with Crippen LogP contribution in [0.2, 0.25) is 0 Å². The first-order chi connectivity index (χ1) is 8.08. The molecule has 1 aromatic carbocycles. The largest absolute Gasteiger partial charge is 0.316 e. The quantitative estimate of drug-likeness (QED) is 0.836. The van der Waals surface area contributed by atoms with E-state index in [1.165, 1.54) is 17.5 Å². The highest BCUT2D eigenvalue weighted by Crippen LogP contribution is 2.25. The SMILES string of the molecule is Cc1cccc(CNC2CCNCC2(C)C)c1. The lowest BCUT2D eigenvalue weighted by Gasteiger charge is -2.39. The molecule has 1 atom stereocenters. The van der Waals surface area contributed by atoms with Crippen molar-refractivity contribution >= 4 is 0 Å². The van der Waals surface area contributed by atoms with E-state index in [0.29, 0.717) is 11.5 Å². The first-order valence-electron chi connectivity index (χ1n) is 6.57. The summed E-state index contributed by atoms with van der Waals surface area (Å²) in [5, 5.41) is 7.19. The Morgan fingerprint density at radius 3 is 2.94 bits per heavy atom. The summed E-state index contributed by atoms with van der Waals surface area (Å²) >= 11 is 0. The van der Waals surface area contributed by atoms with Gasteiger partial charge in [-0.3, -0.25) is 0 Å². The van der Waals surface area contributed by atoms with Crippen LogP contribution in [0.25, 0.3) is 0 Å². The van der Waals surface area contributed by atoms with Gasteiger partial charge in [0.25, 0.3) is 0 Å². The van der Waals surface area contributed by atoms with E-state index in [-0.39, 0.29) is 0 Å². The lowest BCUT2D eigenvalue weighted by atomic mass is 9.80. The molecule has 2 N–H and O–H groups in total. The van der Waals surface area contributed by atoms with E-state index >= 15 is 0 Å². The molecule has 94 valence electrons. The van der Waals surface area contributed by atoms with Crippen LogP contribution in [0.4, 0.5) is 0 Å². The molecule has 1 aromatic rings. The summed E-state index contributed by atoms with van der Waals surface area (Å²) in [6, 6.07) is 9.37. The van der Waals surface area contributed by atoms with E-state index in [4.69, 9.17) is 0 Å². The molecule has 1 heterocycles. The Hall–Kier alpha value is -0.860. The Labute approximate surface area is 105 Å². The maximum absolute atomic E-state index is 3.72. The highest BCUT2D eigenvalue weighted by atomic mass is 15.0. The van der Waals surface area contributed by atoms with Crippen LogP contribution in [0.15, 0.2) is 24.3 Å². The summed E-state index contributed by atoms with van der Waals surface area (Å²) in [7, 11) is 0. The summed E-state index contributed by atoms with van der Waals surface area (Å²) in [5.74, 6) is 0. The van der Waals surface area contributed by atoms with E-state index in [1.807, 2.05) is 0 Å². The fraction of sp³-hybridized carbons (Fsp3) is 0.600. The second-order valence-corrected chi connectivity index (χ2v) is 5.88. The third-order valence-corrected chi connectivity index (χ3v) is 3.77. The second kappa shape index (κ2) is 5.19. The van der Waals surface area contributed by atoms with Crippen LogP contribution >= 0.6 is 0 Å². The summed E-state index contributed by atoms with van der Waals surface area (Å²) in [4.78, 5) is 0. The van der Waals surface area contributed by atoms with Gasteiger partial charge in [-0.1, -0.05) is 43.7 Å². The van der Waals surface area contributed by atoms with Crippen molar-refractivity contribution in [2.75, 3.05) is 13.1 Å². The highest BCUT2D eigenvalue weighted by molar-refractivity contribution is 5.22. The molecule has 0 radical (unpaired) electrons. The van der Waals surface area contributed by atoms with Crippen molar-refractivity contribution in [1.29, 1.82) is 0 Å². The van der Waals surface area contributed by atoms with Gasteiger partial charge in [0.2, 0.25) is 0 Å². The highest BCUT2D eigenvalue weighted by Gasteiger charge is 2.31. The molecule has 2 nitrogen and oxygen atoms in total. The van der Waals surface area contributed by atoms with Crippen molar-refractivity contribution in [3.8, 4) is 0 Å². The number of hydrogen-bond donors (Lipinski definition) is 2. The number of benzene rings is 1. The van der Waals surface area contributed by atoms with Gasteiger partial charge in [-0.2, -0.15) is 0 Å². The zero-order chi connectivity index (χ0) is 12.3. The molecule has 1 fully saturated rings. The van der Waals surface area contributed by atoms with Crippen LogP contribution in [0.5, 0.6) is 0 Å². The van der Waals surface area contributed by atoms with Gasteiger partial charge < -0.3 is 10.6 Å². The number of hydrogen-bond acceptors (Lipinski definition) is 2. The van der Waals surface area contributed by atoms with Crippen molar-refractivity contribution in [2.45, 2.75) is 39.8 Å². The first-order valence-corrected chi connectivity index (χ1v) is 6.57. The predicted octanol–water partition coefficient (Wildman–Crippen LogP) is 2.47. The standard InChI is InChI=1S/C15H24N2/c1-12-5-4-6-13(9-12)10-17-14-7-8-16-11-15(14,2)3/h4-6,9,14,16-17H,7-8,10-11H2,1-3H3. The van der Waals surface area contributed by atoms with Crippen LogP contribution in [-0.4, -0.2) is 19.1 Å². The molecule has 0 bridgehead atoms. The van der Waals surface area contributed by atoms with Gasteiger partial charge >= 0.3 is 0 Å². The fourth-order valence-electron chi connectivity index (χ4n) is 2.61. The molecule has 1 aliphatic rings. The minimum absolute atomic E-state index is 0.349. The number of nitrogens with one attached hydrogen (secondary N) is 2. The lowest BCUT2D eigenvalue weighted by Crippen LogP contribution is -2.52. The maximum Gasteiger partial charge on any atom is 0.0208 e. The number of piperidine rings is 1. The molecule has 0 saturated carbocycles. The predicted molar refractivity (Wildman–Crippen MR) is 73.1 cm³/mol. The van der Waals surface area contributed by atoms with Gasteiger partial charge in [0.15, 0.2) is 0 Å². The van der Waals surface area contributed by atoms with E-state index in [2.05, 4.69) is 55.7 Å². The summed E-state index contributed by atoms with van der Waals surface area (Å²) in [6.07, 6.45) is 1.22. The summed E-state index contributed by atoms with van der Waals surface area (Å²) in [5.41, 5.74) is 3.08. The van der Waals surface area contributed by atoms with Gasteiger partial charge in [-0.25, -0.2) is 0 Å². The molecule has 0 aliphatic carbocycles. The van der Waals surface area contributed by atoms with Gasteiger partial charge in [0, 0.05) is 19.1 Å². The average molecular weight is 232 g/mol. The Balaban J connectivity index is 1.93. The van der Waals surface area contributed by atoms with Crippen molar-refractivity contribution in [3.05, 3.63) is 35.4 Å². The summed E-state index contributed by atoms with van der Waals surface area (Å²) < 4.78 is 0. The zero-order valence-corrected chi connectivity index (χ0v) is 11.2. The molecule has 17 heavy (non-hydrogen) atoms. The van der Waals surface area contributed by atoms with Crippen LogP contribution in [0.1, 0.15) is 31.4 Å². The van der Waals surface area contributed by atoms with E-state index < -0.39 is 0 Å². The maximum atomic E-state index is 3.72. The molecule has 0 amide bonds. The second-order valence-electron chi connectivity index (χ2n) is 5.88. The molecule has 2 rings (SSSR count). The Morgan fingerprint density at radius 2 is 2.24 bits per heavy atom. The number of rotatable bonds is 3. The van der Waals surface area contributed by atoms with E-state index in [1.54, 1.807) is 0 Å². The van der Waals surface area contributed by atoms with Crippen molar-refractivity contribution in [3.63, 3.8) is 0 Å². The molecule has 1 unspecified atom stereocenters. The average Bonchev–Trinajstić information content (AvgIpc) is 2.27. The van der Waals surface area contributed by atoms with Crippen molar-refractivity contribution in [1.82, 2.24) is 10.6 Å². The first kappa shape index (κ1) is 12.6. The number of aryl methyl sites for hydroxylation is 1. The molecular weight excluding hydrogens is 208 g/mol. The Kier molecular flexibility index (Phi) is 3.85. The van der Waals surface area contributed by atoms with Crippen molar-refractivity contribution < 1.29 is 0 Å². The van der Waals surface area contributed by atoms with Crippen LogP contribution in [0.3, 0.4) is 0 Å². The minimum Gasteiger partial charge on any atom is -0.316 e. The molecular formula is C15H24N2. The van der Waals surface area contributed by atoms with Crippen LogP contribution in [0, 0.1) is 12.3 Å². The normalized spacial score (nSPS) is 23.6. The monoisotopic (exact) mass is 232 g/mol. The smallest absolute Gasteiger partial charge is 0.0208 e. The van der Waals surface area contributed by atoms with Gasteiger partial charge in [-0.05, 0) is 30.9 Å². The Bertz CT molecular complexity index is 371. The third-order valence-electron chi connectivity index (χ3n) is 3.77. The van der Waals surface area contributed by atoms with E-state index in [9.17, 15) is 0 Å². The lowest BCUT2D eigenvalue weighted by molar-refractivity contribution is 0.184. The van der Waals surface area contributed by atoms with Crippen LogP contribution in [-0.2, 0) is 6.54 Å². The molecule has 1 aliphatic heterocycles. The summed E-state index contributed by atoms with van der Waals surface area (Å²) in [6.45, 7) is 10.1. The molecule has 1 saturated heterocycles.